The molecule has 7 heteroatoms. The minimum absolute atomic E-state index is 0.0245. The zero-order valence-corrected chi connectivity index (χ0v) is 17.3. The molecular formula is C19H26ClN3O2S. The lowest BCUT2D eigenvalue weighted by molar-refractivity contribution is -0.135. The molecule has 0 saturated carbocycles. The van der Waals surface area contributed by atoms with Crippen molar-refractivity contribution in [3.8, 4) is 5.75 Å². The van der Waals surface area contributed by atoms with Crippen molar-refractivity contribution in [2.24, 2.45) is 5.92 Å². The van der Waals surface area contributed by atoms with Crippen molar-refractivity contribution in [1.29, 1.82) is 0 Å². The lowest BCUT2D eigenvalue weighted by Crippen LogP contribution is -2.38. The van der Waals surface area contributed by atoms with Gasteiger partial charge in [0.15, 0.2) is 0 Å². The van der Waals surface area contributed by atoms with Gasteiger partial charge in [0.05, 0.1) is 12.2 Å². The topological polar surface area (TPSA) is 45.7 Å². The molecule has 0 aliphatic rings. The van der Waals surface area contributed by atoms with Gasteiger partial charge < -0.3 is 14.5 Å². The molecule has 26 heavy (non-hydrogen) atoms. The summed E-state index contributed by atoms with van der Waals surface area (Å²) in [6, 6.07) is 7.26. The van der Waals surface area contributed by atoms with E-state index < -0.39 is 0 Å². The number of carbonyl (C=O) groups excluding carboxylic acids is 1. The van der Waals surface area contributed by atoms with Crippen molar-refractivity contribution < 1.29 is 9.53 Å². The molecule has 5 nitrogen and oxygen atoms in total. The van der Waals surface area contributed by atoms with Gasteiger partial charge in [0.25, 0.3) is 0 Å². The van der Waals surface area contributed by atoms with Crippen LogP contribution < -0.4 is 4.74 Å². The SMILES string of the molecule is CC(C)C(=O)N(CCN(C)C)Cc1csc(COc2ccc(Cl)cc2)n1. The van der Waals surface area contributed by atoms with Gasteiger partial charge in [0, 0.05) is 29.4 Å². The van der Waals surface area contributed by atoms with Crippen molar-refractivity contribution in [3.05, 3.63) is 45.4 Å². The summed E-state index contributed by atoms with van der Waals surface area (Å²) >= 11 is 7.42. The molecule has 0 unspecified atom stereocenters. The van der Waals surface area contributed by atoms with Crippen LogP contribution in [0.1, 0.15) is 24.5 Å². The van der Waals surface area contributed by atoms with Crippen LogP contribution >= 0.6 is 22.9 Å². The van der Waals surface area contributed by atoms with Crippen LogP contribution in [0.2, 0.25) is 5.02 Å². The molecule has 0 N–H and O–H groups in total. The second-order valence-electron chi connectivity index (χ2n) is 6.69. The molecule has 0 radical (unpaired) electrons. The normalized spacial score (nSPS) is 11.2. The van der Waals surface area contributed by atoms with Crippen LogP contribution in [-0.4, -0.2) is 47.9 Å². The second kappa shape index (κ2) is 9.90. The van der Waals surface area contributed by atoms with Crippen LogP contribution in [0.5, 0.6) is 5.75 Å². The standard InChI is InChI=1S/C19H26ClN3O2S/c1-14(2)19(24)23(10-9-22(3)4)11-16-13-26-18(21-16)12-25-17-7-5-15(20)6-8-17/h5-8,13-14H,9-12H2,1-4H3. The fourth-order valence-corrected chi connectivity index (χ4v) is 3.13. The van der Waals surface area contributed by atoms with E-state index in [4.69, 9.17) is 16.3 Å². The van der Waals surface area contributed by atoms with Gasteiger partial charge in [-0.1, -0.05) is 25.4 Å². The fraction of sp³-hybridized carbons (Fsp3) is 0.474. The van der Waals surface area contributed by atoms with Crippen molar-refractivity contribution in [1.82, 2.24) is 14.8 Å². The summed E-state index contributed by atoms with van der Waals surface area (Å²) in [6.07, 6.45) is 0. The van der Waals surface area contributed by atoms with Crippen molar-refractivity contribution in [3.63, 3.8) is 0 Å². The van der Waals surface area contributed by atoms with E-state index in [0.717, 1.165) is 23.0 Å². The molecule has 1 aromatic heterocycles. The Labute approximate surface area is 164 Å². The van der Waals surface area contributed by atoms with Crippen LogP contribution in [-0.2, 0) is 17.9 Å². The maximum absolute atomic E-state index is 12.5. The molecule has 0 fully saturated rings. The molecular weight excluding hydrogens is 370 g/mol. The Balaban J connectivity index is 1.95. The molecule has 1 amide bonds. The molecule has 1 heterocycles. The van der Waals surface area contributed by atoms with E-state index in [2.05, 4.69) is 9.88 Å². The third-order valence-electron chi connectivity index (χ3n) is 3.75. The first-order valence-corrected chi connectivity index (χ1v) is 9.86. The third-order valence-corrected chi connectivity index (χ3v) is 4.87. The Morgan fingerprint density at radius 1 is 1.23 bits per heavy atom. The van der Waals surface area contributed by atoms with Crippen molar-refractivity contribution in [2.75, 3.05) is 27.2 Å². The Hall–Kier alpha value is -1.63. The van der Waals surface area contributed by atoms with Gasteiger partial charge in [0.1, 0.15) is 17.4 Å². The third kappa shape index (κ3) is 6.59. The van der Waals surface area contributed by atoms with Crippen molar-refractivity contribution >= 4 is 28.8 Å². The van der Waals surface area contributed by atoms with E-state index in [1.807, 2.05) is 50.4 Å². The minimum Gasteiger partial charge on any atom is -0.486 e. The average Bonchev–Trinajstić information content (AvgIpc) is 3.04. The number of benzene rings is 1. The predicted octanol–water partition coefficient (Wildman–Crippen LogP) is 3.92. The highest BCUT2D eigenvalue weighted by Gasteiger charge is 2.18. The predicted molar refractivity (Wildman–Crippen MR) is 107 cm³/mol. The second-order valence-corrected chi connectivity index (χ2v) is 8.07. The quantitative estimate of drug-likeness (QED) is 0.645. The van der Waals surface area contributed by atoms with Gasteiger partial charge in [-0.15, -0.1) is 11.3 Å². The maximum Gasteiger partial charge on any atom is 0.225 e. The molecule has 0 atom stereocenters. The Morgan fingerprint density at radius 3 is 2.54 bits per heavy atom. The average molecular weight is 396 g/mol. The summed E-state index contributed by atoms with van der Waals surface area (Å²) in [7, 11) is 4.01. The number of amides is 1. The first-order valence-electron chi connectivity index (χ1n) is 8.60. The molecule has 0 spiro atoms. The molecule has 2 aromatic rings. The first-order chi connectivity index (χ1) is 12.3. The number of aromatic nitrogens is 1. The highest BCUT2D eigenvalue weighted by Crippen LogP contribution is 2.19. The Kier molecular flexibility index (Phi) is 7.87. The largest absolute Gasteiger partial charge is 0.486 e. The van der Waals surface area contributed by atoms with E-state index in [-0.39, 0.29) is 11.8 Å². The highest BCUT2D eigenvalue weighted by molar-refractivity contribution is 7.09. The summed E-state index contributed by atoms with van der Waals surface area (Å²) in [6.45, 7) is 6.31. The summed E-state index contributed by atoms with van der Waals surface area (Å²) < 4.78 is 5.73. The zero-order valence-electron chi connectivity index (χ0n) is 15.7. The Morgan fingerprint density at radius 2 is 1.92 bits per heavy atom. The molecule has 0 aliphatic carbocycles. The zero-order chi connectivity index (χ0) is 19.1. The monoisotopic (exact) mass is 395 g/mol. The van der Waals surface area contributed by atoms with Crippen LogP contribution in [0.15, 0.2) is 29.6 Å². The lowest BCUT2D eigenvalue weighted by Gasteiger charge is -2.25. The summed E-state index contributed by atoms with van der Waals surface area (Å²) in [5.74, 6) is 0.885. The number of ether oxygens (including phenoxy) is 1. The van der Waals surface area contributed by atoms with Gasteiger partial charge in [-0.05, 0) is 38.4 Å². The first kappa shape index (κ1) is 20.7. The number of likely N-dealkylation sites (N-methyl/N-ethyl adjacent to an activating group) is 1. The number of rotatable bonds is 9. The van der Waals surface area contributed by atoms with Gasteiger partial charge in [-0.25, -0.2) is 4.98 Å². The van der Waals surface area contributed by atoms with Gasteiger partial charge in [-0.3, -0.25) is 4.79 Å². The van der Waals surface area contributed by atoms with Gasteiger partial charge >= 0.3 is 0 Å². The lowest BCUT2D eigenvalue weighted by atomic mass is 10.2. The van der Waals surface area contributed by atoms with E-state index in [1.54, 1.807) is 23.5 Å². The van der Waals surface area contributed by atoms with Crippen LogP contribution in [0.4, 0.5) is 0 Å². The van der Waals surface area contributed by atoms with E-state index >= 15 is 0 Å². The van der Waals surface area contributed by atoms with Gasteiger partial charge in [0.2, 0.25) is 5.91 Å². The molecule has 0 bridgehead atoms. The number of carbonyl (C=O) groups is 1. The van der Waals surface area contributed by atoms with Gasteiger partial charge in [-0.2, -0.15) is 0 Å². The summed E-state index contributed by atoms with van der Waals surface area (Å²) in [4.78, 5) is 21.0. The highest BCUT2D eigenvalue weighted by atomic mass is 35.5. The smallest absolute Gasteiger partial charge is 0.225 e. The van der Waals surface area contributed by atoms with E-state index in [1.165, 1.54) is 0 Å². The molecule has 2 rings (SSSR count). The minimum atomic E-state index is -0.0245. The van der Waals surface area contributed by atoms with E-state index in [9.17, 15) is 4.79 Å². The van der Waals surface area contributed by atoms with Crippen molar-refractivity contribution in [2.45, 2.75) is 27.0 Å². The number of hydrogen-bond acceptors (Lipinski definition) is 5. The van der Waals surface area contributed by atoms with E-state index in [0.29, 0.717) is 24.7 Å². The number of thiazole rings is 1. The molecule has 142 valence electrons. The van der Waals surface area contributed by atoms with Crippen LogP contribution in [0.25, 0.3) is 0 Å². The maximum atomic E-state index is 12.5. The molecule has 1 aromatic carbocycles. The summed E-state index contributed by atoms with van der Waals surface area (Å²) in [5.41, 5.74) is 0.900. The Bertz CT molecular complexity index is 701. The van der Waals surface area contributed by atoms with Crippen LogP contribution in [0, 0.1) is 5.92 Å². The van der Waals surface area contributed by atoms with Crippen LogP contribution in [0.3, 0.4) is 0 Å². The fourth-order valence-electron chi connectivity index (χ4n) is 2.31. The molecule has 0 aliphatic heterocycles. The summed E-state index contributed by atoms with van der Waals surface area (Å²) in [5, 5.41) is 3.57. The number of hydrogen-bond donors (Lipinski definition) is 0. The number of nitrogens with zero attached hydrogens (tertiary/aromatic N) is 3. The molecule has 0 saturated heterocycles. The number of halogens is 1.